The summed E-state index contributed by atoms with van der Waals surface area (Å²) >= 11 is 0. The van der Waals surface area contributed by atoms with E-state index in [0.29, 0.717) is 12.1 Å². The molecule has 102 valence electrons. The quantitative estimate of drug-likeness (QED) is 0.817. The average Bonchev–Trinajstić information content (AvgIpc) is 2.48. The highest BCUT2D eigenvalue weighted by Crippen LogP contribution is 2.19. The first kappa shape index (κ1) is 13.9. The van der Waals surface area contributed by atoms with E-state index in [2.05, 4.69) is 16.9 Å². The molecule has 20 heavy (non-hydrogen) atoms. The van der Waals surface area contributed by atoms with E-state index < -0.39 is 0 Å². The SMILES string of the molecule is CN(C)c1ccc(CNNc2ccccc2)cc1C#N. The summed E-state index contributed by atoms with van der Waals surface area (Å²) in [6.07, 6.45) is 0. The largest absolute Gasteiger partial charge is 0.377 e. The third-order valence-electron chi connectivity index (χ3n) is 2.96. The van der Waals surface area contributed by atoms with E-state index in [9.17, 15) is 5.26 Å². The van der Waals surface area contributed by atoms with Gasteiger partial charge in [-0.2, -0.15) is 5.26 Å². The van der Waals surface area contributed by atoms with Gasteiger partial charge in [0.2, 0.25) is 0 Å². The van der Waals surface area contributed by atoms with Gasteiger partial charge in [0.05, 0.1) is 11.3 Å². The molecule has 0 spiro atoms. The first-order chi connectivity index (χ1) is 9.70. The Labute approximate surface area is 119 Å². The fraction of sp³-hybridized carbons (Fsp3) is 0.188. The van der Waals surface area contributed by atoms with Crippen LogP contribution in [0.5, 0.6) is 0 Å². The molecule has 0 atom stereocenters. The molecule has 0 radical (unpaired) electrons. The van der Waals surface area contributed by atoms with Gasteiger partial charge in [0, 0.05) is 26.3 Å². The molecule has 0 bridgehead atoms. The molecule has 0 unspecified atom stereocenters. The lowest BCUT2D eigenvalue weighted by Gasteiger charge is -2.15. The molecule has 2 aromatic rings. The monoisotopic (exact) mass is 266 g/mol. The molecule has 0 saturated carbocycles. The second-order valence-electron chi connectivity index (χ2n) is 4.70. The van der Waals surface area contributed by atoms with Crippen LogP contribution in [0, 0.1) is 11.3 Å². The van der Waals surface area contributed by atoms with Gasteiger partial charge in [-0.15, -0.1) is 0 Å². The third-order valence-corrected chi connectivity index (χ3v) is 2.96. The lowest BCUT2D eigenvalue weighted by atomic mass is 10.1. The van der Waals surface area contributed by atoms with E-state index in [1.807, 2.05) is 67.5 Å². The topological polar surface area (TPSA) is 51.1 Å². The Morgan fingerprint density at radius 1 is 1.10 bits per heavy atom. The summed E-state index contributed by atoms with van der Waals surface area (Å²) in [5.74, 6) is 0. The molecule has 0 aliphatic heterocycles. The van der Waals surface area contributed by atoms with E-state index >= 15 is 0 Å². The molecule has 0 aromatic heterocycles. The van der Waals surface area contributed by atoms with Gasteiger partial charge in [0.25, 0.3) is 0 Å². The van der Waals surface area contributed by atoms with Crippen LogP contribution in [0.3, 0.4) is 0 Å². The smallest absolute Gasteiger partial charge is 0.101 e. The molecule has 4 heteroatoms. The minimum atomic E-state index is 0.650. The van der Waals surface area contributed by atoms with Gasteiger partial charge in [-0.3, -0.25) is 0 Å². The highest BCUT2D eigenvalue weighted by atomic mass is 15.3. The van der Waals surface area contributed by atoms with Crippen LogP contribution < -0.4 is 15.8 Å². The van der Waals surface area contributed by atoms with Crippen LogP contribution in [0.4, 0.5) is 11.4 Å². The van der Waals surface area contributed by atoms with Crippen molar-refractivity contribution in [3.63, 3.8) is 0 Å². The number of rotatable bonds is 5. The van der Waals surface area contributed by atoms with Gasteiger partial charge in [-0.1, -0.05) is 24.3 Å². The van der Waals surface area contributed by atoms with Crippen molar-refractivity contribution in [3.05, 3.63) is 59.7 Å². The highest BCUT2D eigenvalue weighted by Gasteiger charge is 2.05. The van der Waals surface area contributed by atoms with Crippen molar-refractivity contribution in [1.82, 2.24) is 5.43 Å². The van der Waals surface area contributed by atoms with Gasteiger partial charge in [-0.25, -0.2) is 5.43 Å². The molecule has 0 heterocycles. The summed E-state index contributed by atoms with van der Waals surface area (Å²) in [5, 5.41) is 9.18. The van der Waals surface area contributed by atoms with E-state index in [1.165, 1.54) is 0 Å². The predicted octanol–water partition coefficient (Wildman–Crippen LogP) is 2.74. The summed E-state index contributed by atoms with van der Waals surface area (Å²) in [4.78, 5) is 1.94. The lowest BCUT2D eigenvalue weighted by Crippen LogP contribution is -2.21. The van der Waals surface area contributed by atoms with Crippen molar-refractivity contribution in [2.24, 2.45) is 0 Å². The minimum absolute atomic E-state index is 0.650. The van der Waals surface area contributed by atoms with Gasteiger partial charge in [-0.05, 0) is 29.8 Å². The fourth-order valence-corrected chi connectivity index (χ4v) is 1.94. The number of anilines is 2. The molecule has 2 rings (SSSR count). The maximum atomic E-state index is 9.18. The summed E-state index contributed by atoms with van der Waals surface area (Å²) in [6, 6.07) is 18.0. The Morgan fingerprint density at radius 2 is 1.85 bits per heavy atom. The van der Waals surface area contributed by atoms with Crippen molar-refractivity contribution < 1.29 is 0 Å². The third kappa shape index (κ3) is 3.50. The molecule has 2 aromatic carbocycles. The Hall–Kier alpha value is -2.51. The summed E-state index contributed by atoms with van der Waals surface area (Å²) in [7, 11) is 3.87. The first-order valence-electron chi connectivity index (χ1n) is 6.45. The van der Waals surface area contributed by atoms with Crippen LogP contribution in [0.15, 0.2) is 48.5 Å². The van der Waals surface area contributed by atoms with Gasteiger partial charge in [0.15, 0.2) is 0 Å². The Balaban J connectivity index is 1.99. The maximum Gasteiger partial charge on any atom is 0.101 e. The molecule has 4 nitrogen and oxygen atoms in total. The first-order valence-corrected chi connectivity index (χ1v) is 6.45. The Bertz CT molecular complexity index is 600. The predicted molar refractivity (Wildman–Crippen MR) is 82.4 cm³/mol. The van der Waals surface area contributed by atoms with Crippen LogP contribution in [0.2, 0.25) is 0 Å². The molecule has 0 aliphatic rings. The van der Waals surface area contributed by atoms with Crippen molar-refractivity contribution in [1.29, 1.82) is 5.26 Å². The van der Waals surface area contributed by atoms with Gasteiger partial charge in [0.1, 0.15) is 6.07 Å². The van der Waals surface area contributed by atoms with Crippen LogP contribution in [-0.4, -0.2) is 14.1 Å². The molecule has 0 amide bonds. The van der Waals surface area contributed by atoms with E-state index in [-0.39, 0.29) is 0 Å². The van der Waals surface area contributed by atoms with Crippen molar-refractivity contribution in [3.8, 4) is 6.07 Å². The maximum absolute atomic E-state index is 9.18. The Kier molecular flexibility index (Phi) is 4.59. The van der Waals surface area contributed by atoms with Crippen molar-refractivity contribution in [2.75, 3.05) is 24.4 Å². The lowest BCUT2D eigenvalue weighted by molar-refractivity contribution is 0.801. The number of hydrogen-bond donors (Lipinski definition) is 2. The minimum Gasteiger partial charge on any atom is -0.377 e. The normalized spacial score (nSPS) is 9.85. The Morgan fingerprint density at radius 3 is 2.50 bits per heavy atom. The van der Waals surface area contributed by atoms with Gasteiger partial charge < -0.3 is 10.3 Å². The molecule has 0 fully saturated rings. The summed E-state index contributed by atoms with van der Waals surface area (Å²) in [5.41, 5.74) is 9.97. The molecule has 2 N–H and O–H groups in total. The molecular formula is C16H18N4. The van der Waals surface area contributed by atoms with Crippen molar-refractivity contribution >= 4 is 11.4 Å². The van der Waals surface area contributed by atoms with Crippen LogP contribution in [-0.2, 0) is 6.54 Å². The second-order valence-corrected chi connectivity index (χ2v) is 4.70. The molecule has 0 aliphatic carbocycles. The number of benzene rings is 2. The van der Waals surface area contributed by atoms with Crippen LogP contribution in [0.1, 0.15) is 11.1 Å². The van der Waals surface area contributed by atoms with E-state index in [4.69, 9.17) is 0 Å². The number of hydrazine groups is 1. The number of nitrogens with one attached hydrogen (secondary N) is 2. The molecule has 0 saturated heterocycles. The van der Waals surface area contributed by atoms with E-state index in [1.54, 1.807) is 0 Å². The average molecular weight is 266 g/mol. The standard InChI is InChI=1S/C16H18N4/c1-20(2)16-9-8-13(10-14(16)11-17)12-18-19-15-6-4-3-5-7-15/h3-10,18-19H,12H2,1-2H3. The highest BCUT2D eigenvalue weighted by molar-refractivity contribution is 5.59. The second kappa shape index (κ2) is 6.60. The summed E-state index contributed by atoms with van der Waals surface area (Å²) < 4.78 is 0. The zero-order chi connectivity index (χ0) is 14.4. The number of nitrogens with zero attached hydrogens (tertiary/aromatic N) is 2. The zero-order valence-corrected chi connectivity index (χ0v) is 11.7. The van der Waals surface area contributed by atoms with Crippen molar-refractivity contribution in [2.45, 2.75) is 6.54 Å². The summed E-state index contributed by atoms with van der Waals surface area (Å²) in [6.45, 7) is 0.650. The molecular weight excluding hydrogens is 248 g/mol. The zero-order valence-electron chi connectivity index (χ0n) is 11.7. The number of nitriles is 1. The number of para-hydroxylation sites is 1. The van der Waals surface area contributed by atoms with E-state index in [0.717, 1.165) is 16.9 Å². The number of hydrogen-bond acceptors (Lipinski definition) is 4. The van der Waals surface area contributed by atoms with Crippen LogP contribution in [0.25, 0.3) is 0 Å². The fourth-order valence-electron chi connectivity index (χ4n) is 1.94. The van der Waals surface area contributed by atoms with Gasteiger partial charge >= 0.3 is 0 Å². The van der Waals surface area contributed by atoms with Crippen LogP contribution >= 0.6 is 0 Å².